The van der Waals surface area contributed by atoms with E-state index in [1.807, 2.05) is 18.2 Å². The molecule has 0 atom stereocenters. The summed E-state index contributed by atoms with van der Waals surface area (Å²) in [5.74, 6) is -0.148. The van der Waals surface area contributed by atoms with Gasteiger partial charge in [0.15, 0.2) is 5.60 Å². The van der Waals surface area contributed by atoms with E-state index in [4.69, 9.17) is 14.6 Å². The van der Waals surface area contributed by atoms with E-state index in [0.29, 0.717) is 13.2 Å². The molecule has 2 rings (SSSR count). The van der Waals surface area contributed by atoms with Crippen molar-refractivity contribution in [3.05, 3.63) is 30.6 Å². The van der Waals surface area contributed by atoms with E-state index in [0.717, 1.165) is 55.7 Å². The summed E-state index contributed by atoms with van der Waals surface area (Å²) in [7, 11) is 0. The van der Waals surface area contributed by atoms with Crippen LogP contribution in [0.3, 0.4) is 0 Å². The summed E-state index contributed by atoms with van der Waals surface area (Å²) in [5, 5.41) is 15.8. The van der Waals surface area contributed by atoms with Gasteiger partial charge in [-0.25, -0.2) is 4.79 Å². The summed E-state index contributed by atoms with van der Waals surface area (Å²) in [5.41, 5.74) is 0.636. The van der Waals surface area contributed by atoms with Gasteiger partial charge in [-0.15, -0.1) is 0 Å². The predicted octanol–water partition coefficient (Wildman–Crippen LogP) is 4.07. The summed E-state index contributed by atoms with van der Waals surface area (Å²) in [6, 6.07) is 5.71. The van der Waals surface area contributed by atoms with Gasteiger partial charge in [-0.2, -0.15) is 5.10 Å². The van der Waals surface area contributed by atoms with Crippen LogP contribution in [0.25, 0.3) is 11.4 Å². The summed E-state index contributed by atoms with van der Waals surface area (Å²) < 4.78 is 11.1. The van der Waals surface area contributed by atoms with Crippen molar-refractivity contribution < 1.29 is 19.4 Å². The largest absolute Gasteiger partial charge is 0.492 e. The number of aromatic nitrogens is 3. The lowest BCUT2D eigenvalue weighted by atomic mass is 10.1. The number of pyridine rings is 1. The molecule has 0 saturated heterocycles. The number of carboxylic acid groups (broad SMARTS) is 1. The van der Waals surface area contributed by atoms with Crippen LogP contribution in [0.1, 0.15) is 52.4 Å². The molecule has 0 saturated carbocycles. The molecule has 2 heterocycles. The van der Waals surface area contributed by atoms with Crippen molar-refractivity contribution in [1.29, 1.82) is 0 Å². The number of H-pyrrole nitrogens is 1. The minimum absolute atomic E-state index is 0.490. The van der Waals surface area contributed by atoms with Crippen LogP contribution in [-0.2, 0) is 9.53 Å². The van der Waals surface area contributed by atoms with E-state index < -0.39 is 11.6 Å². The number of hydrogen-bond acceptors (Lipinski definition) is 5. The highest BCUT2D eigenvalue weighted by Gasteiger charge is 2.27. The number of nitrogens with one attached hydrogen (secondary N) is 1. The minimum Gasteiger partial charge on any atom is -0.492 e. The second-order valence-corrected chi connectivity index (χ2v) is 6.98. The number of carboxylic acids is 1. The van der Waals surface area contributed by atoms with E-state index in [1.165, 1.54) is 0 Å². The Morgan fingerprint density at radius 2 is 1.78 bits per heavy atom. The lowest BCUT2D eigenvalue weighted by molar-refractivity contribution is -0.161. The summed E-state index contributed by atoms with van der Waals surface area (Å²) >= 11 is 0. The van der Waals surface area contributed by atoms with Gasteiger partial charge in [-0.3, -0.25) is 10.1 Å². The number of aliphatic carboxylic acids is 1. The van der Waals surface area contributed by atoms with Crippen molar-refractivity contribution in [2.75, 3.05) is 13.2 Å². The van der Waals surface area contributed by atoms with E-state index in [1.54, 1.807) is 26.2 Å². The minimum atomic E-state index is -1.09. The number of aromatic amines is 1. The quantitative estimate of drug-likeness (QED) is 0.512. The van der Waals surface area contributed by atoms with Gasteiger partial charge < -0.3 is 14.6 Å². The van der Waals surface area contributed by atoms with Gasteiger partial charge in [-0.1, -0.05) is 25.7 Å². The Kier molecular flexibility index (Phi) is 8.26. The molecule has 2 aromatic rings. The molecule has 7 nitrogen and oxygen atoms in total. The average molecular weight is 375 g/mol. The van der Waals surface area contributed by atoms with Gasteiger partial charge in [0.25, 0.3) is 0 Å². The Morgan fingerprint density at radius 1 is 1.07 bits per heavy atom. The number of rotatable bonds is 13. The molecule has 27 heavy (non-hydrogen) atoms. The van der Waals surface area contributed by atoms with Crippen LogP contribution < -0.4 is 4.74 Å². The molecule has 7 heteroatoms. The fourth-order valence-electron chi connectivity index (χ4n) is 2.51. The molecule has 0 radical (unpaired) electrons. The van der Waals surface area contributed by atoms with E-state index in [9.17, 15) is 4.79 Å². The molecule has 0 aliphatic carbocycles. The molecule has 0 bridgehead atoms. The standard InChI is InChI=1S/C20H29N3O4/c1-20(2,19(24)25)27-14-8-6-4-3-5-7-13-26-16-9-10-17(21-15-16)18-11-12-22-23-18/h9-12,15H,3-8,13-14H2,1-2H3,(H,22,23)(H,24,25). The van der Waals surface area contributed by atoms with Gasteiger partial charge in [0, 0.05) is 12.8 Å². The van der Waals surface area contributed by atoms with Crippen molar-refractivity contribution in [1.82, 2.24) is 15.2 Å². The number of nitrogens with zero attached hydrogens (tertiary/aromatic N) is 2. The predicted molar refractivity (Wildman–Crippen MR) is 103 cm³/mol. The van der Waals surface area contributed by atoms with Gasteiger partial charge in [-0.05, 0) is 44.9 Å². The molecule has 2 N–H and O–H groups in total. The Balaban J connectivity index is 1.47. The topological polar surface area (TPSA) is 97.3 Å². The molecule has 0 spiro atoms. The maximum atomic E-state index is 10.9. The van der Waals surface area contributed by atoms with Crippen LogP contribution in [0.15, 0.2) is 30.6 Å². The molecule has 0 aliphatic rings. The molecule has 148 valence electrons. The first-order chi connectivity index (χ1) is 13.0. The van der Waals surface area contributed by atoms with Crippen LogP contribution in [0.4, 0.5) is 0 Å². The highest BCUT2D eigenvalue weighted by Crippen LogP contribution is 2.17. The monoisotopic (exact) mass is 375 g/mol. The zero-order chi connectivity index (χ0) is 19.5. The number of hydrogen-bond donors (Lipinski definition) is 2. The second kappa shape index (κ2) is 10.7. The molecule has 0 unspecified atom stereocenters. The van der Waals surface area contributed by atoms with E-state index in [2.05, 4.69) is 15.2 Å². The molecule has 0 amide bonds. The third-order valence-corrected chi connectivity index (χ3v) is 4.30. The van der Waals surface area contributed by atoms with E-state index in [-0.39, 0.29) is 0 Å². The smallest absolute Gasteiger partial charge is 0.335 e. The van der Waals surface area contributed by atoms with Crippen LogP contribution in [-0.4, -0.2) is 45.1 Å². The van der Waals surface area contributed by atoms with Crippen LogP contribution in [0, 0.1) is 0 Å². The third-order valence-electron chi connectivity index (χ3n) is 4.30. The lowest BCUT2D eigenvalue weighted by Crippen LogP contribution is -2.35. The number of carbonyl (C=O) groups is 1. The van der Waals surface area contributed by atoms with Crippen LogP contribution in [0.5, 0.6) is 5.75 Å². The fraction of sp³-hybridized carbons (Fsp3) is 0.550. The Labute approximate surface area is 160 Å². The van der Waals surface area contributed by atoms with Gasteiger partial charge in [0.05, 0.1) is 24.2 Å². The van der Waals surface area contributed by atoms with Crippen LogP contribution >= 0.6 is 0 Å². The molecule has 0 aromatic carbocycles. The van der Waals surface area contributed by atoms with Crippen molar-refractivity contribution >= 4 is 5.97 Å². The van der Waals surface area contributed by atoms with Gasteiger partial charge in [0.1, 0.15) is 5.75 Å². The number of unbranched alkanes of at least 4 members (excludes halogenated alkanes) is 5. The molecular weight excluding hydrogens is 346 g/mol. The van der Waals surface area contributed by atoms with Crippen LogP contribution in [0.2, 0.25) is 0 Å². The Morgan fingerprint density at radius 3 is 2.37 bits per heavy atom. The first kappa shape index (κ1) is 20.9. The maximum Gasteiger partial charge on any atom is 0.335 e. The normalized spacial score (nSPS) is 11.5. The maximum absolute atomic E-state index is 10.9. The van der Waals surface area contributed by atoms with Crippen molar-refractivity contribution in [3.8, 4) is 17.1 Å². The average Bonchev–Trinajstić information content (AvgIpc) is 3.18. The van der Waals surface area contributed by atoms with Crippen molar-refractivity contribution in [3.63, 3.8) is 0 Å². The molecule has 0 fully saturated rings. The first-order valence-corrected chi connectivity index (χ1v) is 9.45. The summed E-state index contributed by atoms with van der Waals surface area (Å²) in [6.45, 7) is 4.33. The van der Waals surface area contributed by atoms with Gasteiger partial charge >= 0.3 is 5.97 Å². The van der Waals surface area contributed by atoms with Gasteiger partial charge in [0.2, 0.25) is 0 Å². The van der Waals surface area contributed by atoms with Crippen molar-refractivity contribution in [2.24, 2.45) is 0 Å². The first-order valence-electron chi connectivity index (χ1n) is 9.45. The SMILES string of the molecule is CC(C)(OCCCCCCCCOc1ccc(-c2ccn[nH]2)nc1)C(=O)O. The van der Waals surface area contributed by atoms with E-state index >= 15 is 0 Å². The second-order valence-electron chi connectivity index (χ2n) is 6.98. The summed E-state index contributed by atoms with van der Waals surface area (Å²) in [6.07, 6.45) is 9.75. The lowest BCUT2D eigenvalue weighted by Gasteiger charge is -2.19. The highest BCUT2D eigenvalue weighted by molar-refractivity contribution is 5.76. The number of ether oxygens (including phenoxy) is 2. The van der Waals surface area contributed by atoms with Crippen molar-refractivity contribution in [2.45, 2.75) is 58.0 Å². The molecule has 0 aliphatic heterocycles. The molecule has 2 aromatic heterocycles. The Bertz CT molecular complexity index is 669. The zero-order valence-corrected chi connectivity index (χ0v) is 16.1. The molecular formula is C20H29N3O4. The highest BCUT2D eigenvalue weighted by atomic mass is 16.5. The summed E-state index contributed by atoms with van der Waals surface area (Å²) in [4.78, 5) is 15.3. The zero-order valence-electron chi connectivity index (χ0n) is 16.1. The Hall–Kier alpha value is -2.41. The fourth-order valence-corrected chi connectivity index (χ4v) is 2.51. The third kappa shape index (κ3) is 7.38.